The first-order valence-electron chi connectivity index (χ1n) is 8.75. The van der Waals surface area contributed by atoms with Crippen LogP contribution < -0.4 is 15.7 Å². The molecule has 4 aromatic rings. The molecular weight excluding hydrogens is 360 g/mol. The Kier molecular flexibility index (Phi) is 4.89. The van der Waals surface area contributed by atoms with Crippen molar-refractivity contribution in [2.75, 3.05) is 5.32 Å². The van der Waals surface area contributed by atoms with Gasteiger partial charge in [-0.25, -0.2) is 4.79 Å². The molecule has 0 aliphatic carbocycles. The lowest BCUT2D eigenvalue weighted by Crippen LogP contribution is -2.03. The molecule has 0 bridgehead atoms. The van der Waals surface area contributed by atoms with Crippen LogP contribution in [0, 0.1) is 0 Å². The zero-order valence-corrected chi connectivity index (χ0v) is 15.6. The van der Waals surface area contributed by atoms with Gasteiger partial charge in [-0.2, -0.15) is 4.98 Å². The molecule has 0 atom stereocenters. The Morgan fingerprint density at radius 1 is 1.11 bits per heavy atom. The van der Waals surface area contributed by atoms with Crippen molar-refractivity contribution in [1.29, 1.82) is 0 Å². The summed E-state index contributed by atoms with van der Waals surface area (Å²) < 4.78 is 11.8. The normalized spacial score (nSPS) is 10.9. The van der Waals surface area contributed by atoms with E-state index in [1.807, 2.05) is 60.7 Å². The maximum atomic E-state index is 12.3. The van der Waals surface area contributed by atoms with Crippen LogP contribution in [0.25, 0.3) is 10.2 Å². The minimum Gasteiger partial charge on any atom is -0.455 e. The minimum absolute atomic E-state index is 0.150. The Bertz CT molecular complexity index is 1120. The number of ether oxygens (including phenoxy) is 1. The summed E-state index contributed by atoms with van der Waals surface area (Å²) in [4.78, 5) is 17.9. The van der Waals surface area contributed by atoms with Gasteiger partial charge in [-0.1, -0.05) is 43.7 Å². The lowest BCUT2D eigenvalue weighted by Gasteiger charge is -2.11. The third kappa shape index (κ3) is 3.85. The highest BCUT2D eigenvalue weighted by Gasteiger charge is 2.12. The van der Waals surface area contributed by atoms with Crippen LogP contribution in [0.3, 0.4) is 0 Å². The van der Waals surface area contributed by atoms with E-state index in [4.69, 9.17) is 9.15 Å². The first-order chi connectivity index (χ1) is 13.2. The molecule has 136 valence electrons. The summed E-state index contributed by atoms with van der Waals surface area (Å²) >= 11 is 1.45. The number of aromatic nitrogens is 1. The molecule has 6 heteroatoms. The Hall–Kier alpha value is -3.12. The summed E-state index contributed by atoms with van der Waals surface area (Å²) in [6.45, 7) is 2.11. The van der Waals surface area contributed by atoms with Crippen molar-refractivity contribution in [3.8, 4) is 11.5 Å². The van der Waals surface area contributed by atoms with Crippen molar-refractivity contribution in [1.82, 2.24) is 4.98 Å². The zero-order valence-electron chi connectivity index (χ0n) is 14.8. The largest absolute Gasteiger partial charge is 0.455 e. The zero-order chi connectivity index (χ0) is 18.6. The Balaban J connectivity index is 1.65. The molecule has 0 radical (unpaired) electrons. The van der Waals surface area contributed by atoms with E-state index < -0.39 is 0 Å². The number of para-hydroxylation sites is 3. The predicted molar refractivity (Wildman–Crippen MR) is 108 cm³/mol. The first kappa shape index (κ1) is 17.3. The SMILES string of the molecule is CCCc1cc2nc(Nc3ccccc3Oc3ccccc3)oc(=O)c2s1. The summed E-state index contributed by atoms with van der Waals surface area (Å²) in [6, 6.07) is 19.1. The molecule has 5 nitrogen and oxygen atoms in total. The predicted octanol–water partition coefficient (Wildman–Crippen LogP) is 5.74. The summed E-state index contributed by atoms with van der Waals surface area (Å²) in [5.74, 6) is 1.34. The highest BCUT2D eigenvalue weighted by atomic mass is 32.1. The van der Waals surface area contributed by atoms with Crippen LogP contribution in [0.15, 0.2) is 69.9 Å². The number of hydrogen-bond donors (Lipinski definition) is 1. The summed E-state index contributed by atoms with van der Waals surface area (Å²) in [5.41, 5.74) is 0.945. The number of nitrogens with zero attached hydrogens (tertiary/aromatic N) is 1. The van der Waals surface area contributed by atoms with Crippen LogP contribution >= 0.6 is 11.3 Å². The van der Waals surface area contributed by atoms with Gasteiger partial charge in [0.25, 0.3) is 0 Å². The van der Waals surface area contributed by atoms with E-state index in [-0.39, 0.29) is 11.6 Å². The minimum atomic E-state index is -0.378. The second kappa shape index (κ2) is 7.63. The summed E-state index contributed by atoms with van der Waals surface area (Å²) in [7, 11) is 0. The average molecular weight is 378 g/mol. The van der Waals surface area contributed by atoms with Crippen LogP contribution in [-0.2, 0) is 6.42 Å². The van der Waals surface area contributed by atoms with Crippen molar-refractivity contribution < 1.29 is 9.15 Å². The van der Waals surface area contributed by atoms with Gasteiger partial charge in [0.1, 0.15) is 10.4 Å². The quantitative estimate of drug-likeness (QED) is 0.464. The Morgan fingerprint density at radius 2 is 1.89 bits per heavy atom. The molecule has 4 rings (SSSR count). The van der Waals surface area contributed by atoms with Crippen LogP contribution in [0.2, 0.25) is 0 Å². The molecule has 1 N–H and O–H groups in total. The summed E-state index contributed by atoms with van der Waals surface area (Å²) in [5, 5.41) is 3.07. The van der Waals surface area contributed by atoms with Crippen molar-refractivity contribution in [3.63, 3.8) is 0 Å². The lowest BCUT2D eigenvalue weighted by atomic mass is 10.3. The van der Waals surface area contributed by atoms with Gasteiger partial charge in [0, 0.05) is 4.88 Å². The standard InChI is InChI=1S/C21H18N2O3S/c1-2-8-15-13-17-19(27-15)20(24)26-21(23-17)22-16-11-6-7-12-18(16)25-14-9-4-3-5-10-14/h3-7,9-13H,2,8H2,1H3,(H,22,23). The number of fused-ring (bicyclic) bond motifs is 1. The molecule has 2 aromatic heterocycles. The molecule has 0 unspecified atom stereocenters. The third-order valence-electron chi connectivity index (χ3n) is 3.96. The number of hydrogen-bond acceptors (Lipinski definition) is 6. The number of benzene rings is 2. The maximum absolute atomic E-state index is 12.3. The van der Waals surface area contributed by atoms with E-state index in [1.165, 1.54) is 11.3 Å². The van der Waals surface area contributed by atoms with E-state index in [9.17, 15) is 4.79 Å². The van der Waals surface area contributed by atoms with E-state index in [2.05, 4.69) is 17.2 Å². The van der Waals surface area contributed by atoms with Crippen LogP contribution in [-0.4, -0.2) is 4.98 Å². The monoisotopic (exact) mass is 378 g/mol. The number of anilines is 2. The molecule has 2 aromatic carbocycles. The highest BCUT2D eigenvalue weighted by molar-refractivity contribution is 7.18. The van der Waals surface area contributed by atoms with Crippen molar-refractivity contribution in [2.45, 2.75) is 19.8 Å². The van der Waals surface area contributed by atoms with Gasteiger partial charge in [-0.05, 0) is 36.8 Å². The van der Waals surface area contributed by atoms with E-state index in [0.717, 1.165) is 23.5 Å². The molecule has 0 saturated carbocycles. The molecular formula is C21H18N2O3S. The van der Waals surface area contributed by atoms with Gasteiger partial charge in [0.2, 0.25) is 0 Å². The van der Waals surface area contributed by atoms with Crippen molar-refractivity contribution in [3.05, 3.63) is 76.0 Å². The molecule has 0 fully saturated rings. The van der Waals surface area contributed by atoms with Gasteiger partial charge in [-0.3, -0.25) is 0 Å². The van der Waals surface area contributed by atoms with Gasteiger partial charge < -0.3 is 14.5 Å². The smallest absolute Gasteiger partial charge is 0.358 e. The molecule has 27 heavy (non-hydrogen) atoms. The Labute approximate surface area is 160 Å². The average Bonchev–Trinajstić information content (AvgIpc) is 3.08. The van der Waals surface area contributed by atoms with Gasteiger partial charge in [-0.15, -0.1) is 11.3 Å². The van der Waals surface area contributed by atoms with Gasteiger partial charge in [0.15, 0.2) is 5.75 Å². The van der Waals surface area contributed by atoms with Crippen LogP contribution in [0.1, 0.15) is 18.2 Å². The van der Waals surface area contributed by atoms with E-state index in [1.54, 1.807) is 0 Å². The van der Waals surface area contributed by atoms with E-state index >= 15 is 0 Å². The fourth-order valence-corrected chi connectivity index (χ4v) is 3.81. The third-order valence-corrected chi connectivity index (χ3v) is 5.12. The number of thiophene rings is 1. The molecule has 2 heterocycles. The fraction of sp³-hybridized carbons (Fsp3) is 0.143. The number of aryl methyl sites for hydroxylation is 1. The lowest BCUT2D eigenvalue weighted by molar-refractivity contribution is 0.483. The second-order valence-corrected chi connectivity index (χ2v) is 7.16. The van der Waals surface area contributed by atoms with Crippen LogP contribution in [0.5, 0.6) is 11.5 Å². The molecule has 0 aliphatic heterocycles. The molecule has 0 saturated heterocycles. The second-order valence-electron chi connectivity index (χ2n) is 6.02. The molecule has 0 spiro atoms. The van der Waals surface area contributed by atoms with Gasteiger partial charge >= 0.3 is 11.6 Å². The maximum Gasteiger partial charge on any atom is 0.358 e. The Morgan fingerprint density at radius 3 is 2.70 bits per heavy atom. The molecule has 0 aliphatic rings. The van der Waals surface area contributed by atoms with Crippen molar-refractivity contribution in [2.24, 2.45) is 0 Å². The van der Waals surface area contributed by atoms with Crippen LogP contribution in [0.4, 0.5) is 11.7 Å². The van der Waals surface area contributed by atoms with E-state index in [0.29, 0.717) is 21.7 Å². The summed E-state index contributed by atoms with van der Waals surface area (Å²) in [6.07, 6.45) is 1.95. The molecule has 0 amide bonds. The number of rotatable bonds is 6. The topological polar surface area (TPSA) is 64.4 Å². The highest BCUT2D eigenvalue weighted by Crippen LogP contribution is 2.31. The van der Waals surface area contributed by atoms with Gasteiger partial charge in [0.05, 0.1) is 11.2 Å². The number of nitrogens with one attached hydrogen (secondary N) is 1. The van der Waals surface area contributed by atoms with Crippen molar-refractivity contribution >= 4 is 33.3 Å². The first-order valence-corrected chi connectivity index (χ1v) is 9.57. The fourth-order valence-electron chi connectivity index (χ4n) is 2.74.